The third-order valence-corrected chi connectivity index (χ3v) is 1.60. The fourth-order valence-electron chi connectivity index (χ4n) is 0.640. The first-order chi connectivity index (χ1) is 3.93. The van der Waals surface area contributed by atoms with Crippen LogP contribution in [0.15, 0.2) is 0 Å². The Balaban J connectivity index is 2.06. The van der Waals surface area contributed by atoms with Crippen molar-refractivity contribution < 1.29 is 9.47 Å². The summed E-state index contributed by atoms with van der Waals surface area (Å²) in [5.74, 6) is 0.958. The fourth-order valence-corrected chi connectivity index (χ4v) is 1.10. The first-order valence-electron chi connectivity index (χ1n) is 2.65. The van der Waals surface area contributed by atoms with Gasteiger partial charge in [0, 0.05) is 5.75 Å². The van der Waals surface area contributed by atoms with Crippen molar-refractivity contribution in [3.63, 3.8) is 0 Å². The lowest BCUT2D eigenvalue weighted by molar-refractivity contribution is -0.0214. The summed E-state index contributed by atoms with van der Waals surface area (Å²) in [4.78, 5) is 0. The van der Waals surface area contributed by atoms with Gasteiger partial charge in [0.2, 0.25) is 0 Å². The Morgan fingerprint density at radius 3 is 2.62 bits per heavy atom. The highest BCUT2D eigenvalue weighted by molar-refractivity contribution is 7.98. The van der Waals surface area contributed by atoms with Crippen LogP contribution in [0.25, 0.3) is 0 Å². The van der Waals surface area contributed by atoms with Gasteiger partial charge in [-0.1, -0.05) is 0 Å². The van der Waals surface area contributed by atoms with E-state index in [0.717, 1.165) is 19.0 Å². The maximum atomic E-state index is 5.15. The molecule has 1 rings (SSSR count). The van der Waals surface area contributed by atoms with E-state index in [1.54, 1.807) is 11.8 Å². The second-order valence-corrected chi connectivity index (χ2v) is 2.54. The predicted octanol–water partition coefficient (Wildman–Crippen LogP) is 0.722. The molecule has 3 heteroatoms. The molecule has 0 aromatic rings. The van der Waals surface area contributed by atoms with Crippen molar-refractivity contribution in [2.45, 2.75) is 6.29 Å². The van der Waals surface area contributed by atoms with Crippen LogP contribution in [0.1, 0.15) is 0 Å². The van der Waals surface area contributed by atoms with Crippen LogP contribution in [0.4, 0.5) is 0 Å². The van der Waals surface area contributed by atoms with Crippen molar-refractivity contribution in [1.29, 1.82) is 0 Å². The van der Waals surface area contributed by atoms with Crippen molar-refractivity contribution in [2.24, 2.45) is 0 Å². The van der Waals surface area contributed by atoms with Crippen LogP contribution in [-0.4, -0.2) is 31.5 Å². The molecule has 8 heavy (non-hydrogen) atoms. The maximum absolute atomic E-state index is 5.15. The monoisotopic (exact) mass is 134 g/mol. The summed E-state index contributed by atoms with van der Waals surface area (Å²) in [6.45, 7) is 1.54. The standard InChI is InChI=1S/C5H10O2S/c1-8-4-5-6-2-3-7-5/h5H,2-4H2,1H3. The van der Waals surface area contributed by atoms with Crippen LogP contribution >= 0.6 is 11.8 Å². The molecule has 0 aromatic heterocycles. The van der Waals surface area contributed by atoms with Crippen LogP contribution in [0.5, 0.6) is 0 Å². The van der Waals surface area contributed by atoms with Crippen LogP contribution in [-0.2, 0) is 9.47 Å². The number of hydrogen-bond acceptors (Lipinski definition) is 3. The molecule has 0 aromatic carbocycles. The molecule has 0 spiro atoms. The van der Waals surface area contributed by atoms with E-state index in [1.807, 2.05) is 6.26 Å². The van der Waals surface area contributed by atoms with Gasteiger partial charge < -0.3 is 9.47 Å². The molecular formula is C5H10O2S. The van der Waals surface area contributed by atoms with Crippen molar-refractivity contribution >= 4 is 11.8 Å². The molecule has 0 bridgehead atoms. The molecule has 0 amide bonds. The second kappa shape index (κ2) is 3.33. The Morgan fingerprint density at radius 2 is 2.12 bits per heavy atom. The van der Waals surface area contributed by atoms with Gasteiger partial charge in [-0.2, -0.15) is 11.8 Å². The van der Waals surface area contributed by atoms with Crippen LogP contribution in [0.2, 0.25) is 0 Å². The molecule has 0 unspecified atom stereocenters. The zero-order valence-corrected chi connectivity index (χ0v) is 5.74. The molecule has 0 aliphatic carbocycles. The van der Waals surface area contributed by atoms with Gasteiger partial charge >= 0.3 is 0 Å². The lowest BCUT2D eigenvalue weighted by Gasteiger charge is -2.04. The van der Waals surface area contributed by atoms with Crippen molar-refractivity contribution in [2.75, 3.05) is 25.2 Å². The zero-order chi connectivity index (χ0) is 5.82. The molecule has 1 heterocycles. The first kappa shape index (κ1) is 6.39. The highest BCUT2D eigenvalue weighted by atomic mass is 32.2. The number of hydrogen-bond donors (Lipinski definition) is 0. The van der Waals surface area contributed by atoms with E-state index in [4.69, 9.17) is 9.47 Å². The zero-order valence-electron chi connectivity index (χ0n) is 4.92. The van der Waals surface area contributed by atoms with Gasteiger partial charge in [0.15, 0.2) is 6.29 Å². The quantitative estimate of drug-likeness (QED) is 0.554. The van der Waals surface area contributed by atoms with Gasteiger partial charge in [0.05, 0.1) is 13.2 Å². The summed E-state index contributed by atoms with van der Waals surface area (Å²) in [5.41, 5.74) is 0. The van der Waals surface area contributed by atoms with Crippen LogP contribution in [0.3, 0.4) is 0 Å². The molecule has 1 saturated heterocycles. The van der Waals surface area contributed by atoms with Gasteiger partial charge in [-0.05, 0) is 6.26 Å². The molecule has 48 valence electrons. The lowest BCUT2D eigenvalue weighted by Crippen LogP contribution is -2.09. The average Bonchev–Trinajstić information content (AvgIpc) is 2.19. The third-order valence-electron chi connectivity index (χ3n) is 0.994. The van der Waals surface area contributed by atoms with Crippen LogP contribution in [0, 0.1) is 0 Å². The topological polar surface area (TPSA) is 18.5 Å². The summed E-state index contributed by atoms with van der Waals surface area (Å²) >= 11 is 1.75. The average molecular weight is 134 g/mol. The van der Waals surface area contributed by atoms with Crippen LogP contribution < -0.4 is 0 Å². The van der Waals surface area contributed by atoms with Crippen molar-refractivity contribution in [3.05, 3.63) is 0 Å². The van der Waals surface area contributed by atoms with E-state index in [9.17, 15) is 0 Å². The van der Waals surface area contributed by atoms with E-state index >= 15 is 0 Å². The summed E-state index contributed by atoms with van der Waals surface area (Å²) in [5, 5.41) is 0. The molecule has 0 saturated carbocycles. The number of ether oxygens (including phenoxy) is 2. The Kier molecular flexibility index (Phi) is 2.66. The van der Waals surface area contributed by atoms with Gasteiger partial charge in [-0.15, -0.1) is 0 Å². The Bertz CT molecular complexity index is 61.4. The second-order valence-electron chi connectivity index (χ2n) is 1.63. The van der Waals surface area contributed by atoms with Crippen molar-refractivity contribution in [1.82, 2.24) is 0 Å². The Hall–Kier alpha value is 0.270. The Labute approximate surface area is 53.5 Å². The number of thioether (sulfide) groups is 1. The predicted molar refractivity (Wildman–Crippen MR) is 34.1 cm³/mol. The lowest BCUT2D eigenvalue weighted by atomic mass is 10.8. The number of rotatable bonds is 2. The minimum Gasteiger partial charge on any atom is -0.349 e. The Morgan fingerprint density at radius 1 is 1.50 bits per heavy atom. The fraction of sp³-hybridized carbons (Fsp3) is 1.00. The minimum atomic E-state index is 0.0741. The molecule has 0 radical (unpaired) electrons. The van der Waals surface area contributed by atoms with E-state index in [0.29, 0.717) is 0 Å². The summed E-state index contributed by atoms with van der Waals surface area (Å²) in [6.07, 6.45) is 2.12. The molecule has 2 nitrogen and oxygen atoms in total. The van der Waals surface area contributed by atoms with Gasteiger partial charge in [0.25, 0.3) is 0 Å². The smallest absolute Gasteiger partial charge is 0.166 e. The van der Waals surface area contributed by atoms with Gasteiger partial charge in [-0.25, -0.2) is 0 Å². The molecule has 1 fully saturated rings. The largest absolute Gasteiger partial charge is 0.349 e. The summed E-state index contributed by atoms with van der Waals surface area (Å²) in [7, 11) is 0. The summed E-state index contributed by atoms with van der Waals surface area (Å²) < 4.78 is 10.3. The van der Waals surface area contributed by atoms with E-state index < -0.39 is 0 Å². The van der Waals surface area contributed by atoms with Crippen molar-refractivity contribution in [3.8, 4) is 0 Å². The van der Waals surface area contributed by atoms with E-state index in [-0.39, 0.29) is 6.29 Å². The third kappa shape index (κ3) is 1.65. The normalized spacial score (nSPS) is 22.1. The first-order valence-corrected chi connectivity index (χ1v) is 4.05. The highest BCUT2D eigenvalue weighted by Crippen LogP contribution is 2.07. The highest BCUT2D eigenvalue weighted by Gasteiger charge is 2.13. The molecule has 0 N–H and O–H groups in total. The van der Waals surface area contributed by atoms with Gasteiger partial charge in [0.1, 0.15) is 0 Å². The summed E-state index contributed by atoms with van der Waals surface area (Å²) in [6, 6.07) is 0. The minimum absolute atomic E-state index is 0.0741. The maximum Gasteiger partial charge on any atom is 0.166 e. The molecule has 0 atom stereocenters. The SMILES string of the molecule is CSCC1OCCO1. The van der Waals surface area contributed by atoms with E-state index in [1.165, 1.54) is 0 Å². The molecule has 1 aliphatic heterocycles. The van der Waals surface area contributed by atoms with E-state index in [2.05, 4.69) is 0 Å². The molecular weight excluding hydrogens is 124 g/mol. The van der Waals surface area contributed by atoms with Gasteiger partial charge in [-0.3, -0.25) is 0 Å². The molecule has 1 aliphatic rings.